The Morgan fingerprint density at radius 3 is 2.85 bits per heavy atom. The van der Waals surface area contributed by atoms with Gasteiger partial charge in [0.1, 0.15) is 5.75 Å². The summed E-state index contributed by atoms with van der Waals surface area (Å²) in [5.74, 6) is 0.812. The van der Waals surface area contributed by atoms with Crippen molar-refractivity contribution in [1.29, 1.82) is 0 Å². The van der Waals surface area contributed by atoms with Gasteiger partial charge in [-0.1, -0.05) is 12.1 Å². The van der Waals surface area contributed by atoms with Crippen LogP contribution in [-0.4, -0.2) is 35.7 Å². The molecule has 0 bridgehead atoms. The Balaban J connectivity index is 1.56. The number of pyridine rings is 1. The molecule has 1 atom stereocenters. The molecule has 1 aromatic carbocycles. The first-order valence-electron chi connectivity index (χ1n) is 9.39. The molecule has 2 heterocycles. The lowest BCUT2D eigenvalue weighted by Gasteiger charge is -2.35. The molecule has 1 N–H and O–H groups in total. The van der Waals surface area contributed by atoms with E-state index < -0.39 is 0 Å². The summed E-state index contributed by atoms with van der Waals surface area (Å²) in [4.78, 5) is 26.4. The van der Waals surface area contributed by atoms with Gasteiger partial charge in [0.05, 0.1) is 13.2 Å². The van der Waals surface area contributed by atoms with E-state index in [-0.39, 0.29) is 17.6 Å². The van der Waals surface area contributed by atoms with E-state index in [9.17, 15) is 9.59 Å². The number of ether oxygens (including phenoxy) is 1. The lowest BCUT2D eigenvalue weighted by atomic mass is 9.93. The smallest absolute Gasteiger partial charge is 0.317 e. The highest BCUT2D eigenvalue weighted by molar-refractivity contribution is 5.75. The number of rotatable bonds is 5. The number of benzene rings is 1. The van der Waals surface area contributed by atoms with Gasteiger partial charge in [-0.2, -0.15) is 0 Å². The summed E-state index contributed by atoms with van der Waals surface area (Å²) in [6.45, 7) is 5.80. The lowest BCUT2D eigenvalue weighted by Crippen LogP contribution is -2.45. The average molecular weight is 369 g/mol. The van der Waals surface area contributed by atoms with Crippen molar-refractivity contribution in [3.05, 3.63) is 63.6 Å². The minimum absolute atomic E-state index is 0.00263. The molecule has 3 rings (SSSR count). The molecule has 6 nitrogen and oxygen atoms in total. The van der Waals surface area contributed by atoms with Crippen molar-refractivity contribution < 1.29 is 9.53 Å². The van der Waals surface area contributed by atoms with E-state index in [2.05, 4.69) is 11.4 Å². The first kappa shape index (κ1) is 19.0. The van der Waals surface area contributed by atoms with E-state index >= 15 is 0 Å². The molecule has 2 amide bonds. The number of hydrogen-bond donors (Lipinski definition) is 1. The fourth-order valence-corrected chi connectivity index (χ4v) is 3.64. The molecule has 0 spiro atoms. The number of amides is 2. The van der Waals surface area contributed by atoms with Crippen LogP contribution >= 0.6 is 0 Å². The van der Waals surface area contributed by atoms with Crippen LogP contribution in [0.3, 0.4) is 0 Å². The zero-order valence-corrected chi connectivity index (χ0v) is 16.2. The third-order valence-corrected chi connectivity index (χ3v) is 5.26. The summed E-state index contributed by atoms with van der Waals surface area (Å²) in [5, 5.41) is 2.99. The summed E-state index contributed by atoms with van der Waals surface area (Å²) < 4.78 is 7.05. The van der Waals surface area contributed by atoms with Crippen LogP contribution in [0.5, 0.6) is 5.75 Å². The Labute approximate surface area is 159 Å². The third kappa shape index (κ3) is 4.15. The number of hydrogen-bond acceptors (Lipinski definition) is 3. The second-order valence-electron chi connectivity index (χ2n) is 6.93. The van der Waals surface area contributed by atoms with Crippen molar-refractivity contribution in [3.63, 3.8) is 0 Å². The second kappa shape index (κ2) is 8.29. The van der Waals surface area contributed by atoms with E-state index in [0.717, 1.165) is 23.4 Å². The first-order chi connectivity index (χ1) is 13.0. The number of aryl methyl sites for hydroxylation is 1. The quantitative estimate of drug-likeness (QED) is 0.825. The van der Waals surface area contributed by atoms with Crippen molar-refractivity contribution >= 4 is 6.03 Å². The van der Waals surface area contributed by atoms with Crippen LogP contribution in [0.15, 0.2) is 41.2 Å². The maximum Gasteiger partial charge on any atom is 0.317 e. The molecule has 0 saturated carbocycles. The topological polar surface area (TPSA) is 63.6 Å². The number of urea groups is 1. The van der Waals surface area contributed by atoms with Gasteiger partial charge < -0.3 is 19.5 Å². The number of nitrogens with one attached hydrogen (secondary N) is 1. The molecular formula is C21H27N3O3. The van der Waals surface area contributed by atoms with Gasteiger partial charge in [-0.25, -0.2) is 4.79 Å². The van der Waals surface area contributed by atoms with Crippen molar-refractivity contribution in [1.82, 2.24) is 14.8 Å². The molecular weight excluding hydrogens is 342 g/mol. The third-order valence-electron chi connectivity index (χ3n) is 5.26. The van der Waals surface area contributed by atoms with Crippen molar-refractivity contribution in [2.24, 2.45) is 0 Å². The summed E-state index contributed by atoms with van der Waals surface area (Å²) in [6.07, 6.45) is 1.55. The van der Waals surface area contributed by atoms with E-state index in [1.54, 1.807) is 23.8 Å². The Hall–Kier alpha value is -2.76. The minimum Gasteiger partial charge on any atom is -0.497 e. The van der Waals surface area contributed by atoms with Gasteiger partial charge in [-0.05, 0) is 56.0 Å². The van der Waals surface area contributed by atoms with Gasteiger partial charge in [0.25, 0.3) is 5.56 Å². The SMILES string of the molecule is COc1ccc2c(c1)[C@@H](C)N(C(=O)NCCCn1c(C)cccc1=O)CC2. The van der Waals surface area contributed by atoms with Crippen LogP contribution < -0.4 is 15.6 Å². The van der Waals surface area contributed by atoms with Crippen molar-refractivity contribution in [2.45, 2.75) is 39.3 Å². The van der Waals surface area contributed by atoms with Crippen LogP contribution in [0.4, 0.5) is 4.79 Å². The minimum atomic E-state index is -0.0619. The van der Waals surface area contributed by atoms with Crippen LogP contribution in [0.25, 0.3) is 0 Å². The van der Waals surface area contributed by atoms with E-state index in [0.29, 0.717) is 26.1 Å². The fourth-order valence-electron chi connectivity index (χ4n) is 3.64. The van der Waals surface area contributed by atoms with Gasteiger partial charge in [-0.3, -0.25) is 4.79 Å². The van der Waals surface area contributed by atoms with Crippen molar-refractivity contribution in [3.8, 4) is 5.75 Å². The molecule has 6 heteroatoms. The molecule has 0 saturated heterocycles. The molecule has 2 aromatic rings. The van der Waals surface area contributed by atoms with E-state index in [4.69, 9.17) is 4.74 Å². The molecule has 0 unspecified atom stereocenters. The number of carbonyl (C=O) groups excluding carboxylic acids is 1. The Bertz CT molecular complexity index is 875. The summed E-state index contributed by atoms with van der Waals surface area (Å²) >= 11 is 0. The average Bonchev–Trinajstić information content (AvgIpc) is 2.67. The molecule has 144 valence electrons. The van der Waals surface area contributed by atoms with Gasteiger partial charge in [-0.15, -0.1) is 0 Å². The monoisotopic (exact) mass is 369 g/mol. The summed E-state index contributed by atoms with van der Waals surface area (Å²) in [7, 11) is 1.65. The Morgan fingerprint density at radius 1 is 1.30 bits per heavy atom. The second-order valence-corrected chi connectivity index (χ2v) is 6.93. The summed E-state index contributed by atoms with van der Waals surface area (Å²) in [6, 6.07) is 11.3. The largest absolute Gasteiger partial charge is 0.497 e. The number of methoxy groups -OCH3 is 1. The Morgan fingerprint density at radius 2 is 2.11 bits per heavy atom. The number of carbonyl (C=O) groups is 1. The zero-order chi connectivity index (χ0) is 19.4. The number of fused-ring (bicyclic) bond motifs is 1. The highest BCUT2D eigenvalue weighted by Crippen LogP contribution is 2.32. The van der Waals surface area contributed by atoms with Crippen LogP contribution in [-0.2, 0) is 13.0 Å². The Kier molecular flexibility index (Phi) is 5.84. The molecule has 1 aliphatic heterocycles. The lowest BCUT2D eigenvalue weighted by molar-refractivity contribution is 0.174. The maximum atomic E-state index is 12.6. The van der Waals surface area contributed by atoms with Gasteiger partial charge >= 0.3 is 6.03 Å². The standard InChI is InChI=1S/C21H27N3O3/c1-15-6-4-7-20(25)23(15)12-5-11-22-21(26)24-13-10-17-8-9-18(27-3)14-19(17)16(24)2/h4,6-9,14,16H,5,10-13H2,1-3H3,(H,22,26)/t16-/m1/s1. The molecule has 0 aliphatic carbocycles. The van der Waals surface area contributed by atoms with Crippen molar-refractivity contribution in [2.75, 3.05) is 20.2 Å². The van der Waals surface area contributed by atoms with E-state index in [1.807, 2.05) is 36.9 Å². The van der Waals surface area contributed by atoms with Gasteiger partial charge in [0, 0.05) is 31.4 Å². The van der Waals surface area contributed by atoms with Crippen LogP contribution in [0, 0.1) is 6.92 Å². The molecule has 1 aromatic heterocycles. The molecule has 1 aliphatic rings. The van der Waals surface area contributed by atoms with Crippen LogP contribution in [0.2, 0.25) is 0 Å². The number of aromatic nitrogens is 1. The predicted molar refractivity (Wildman–Crippen MR) is 105 cm³/mol. The fraction of sp³-hybridized carbons (Fsp3) is 0.429. The highest BCUT2D eigenvalue weighted by Gasteiger charge is 2.27. The summed E-state index contributed by atoms with van der Waals surface area (Å²) in [5.41, 5.74) is 3.34. The maximum absolute atomic E-state index is 12.6. The molecule has 0 fully saturated rings. The van der Waals surface area contributed by atoms with Gasteiger partial charge in [0.2, 0.25) is 0 Å². The van der Waals surface area contributed by atoms with Gasteiger partial charge in [0.15, 0.2) is 0 Å². The molecule has 0 radical (unpaired) electrons. The van der Waals surface area contributed by atoms with E-state index in [1.165, 1.54) is 5.56 Å². The normalized spacial score (nSPS) is 16.0. The molecule has 27 heavy (non-hydrogen) atoms. The zero-order valence-electron chi connectivity index (χ0n) is 16.2. The highest BCUT2D eigenvalue weighted by atomic mass is 16.5. The first-order valence-corrected chi connectivity index (χ1v) is 9.39. The predicted octanol–water partition coefficient (Wildman–Crippen LogP) is 2.88. The van der Waals surface area contributed by atoms with Crippen LogP contribution in [0.1, 0.15) is 36.2 Å². The number of nitrogens with zero attached hydrogens (tertiary/aromatic N) is 2.